The average Bonchev–Trinajstić information content (AvgIpc) is 3.56. The van der Waals surface area contributed by atoms with Gasteiger partial charge in [0.25, 0.3) is 0 Å². The summed E-state index contributed by atoms with van der Waals surface area (Å²) in [5, 5.41) is 6.58. The second-order valence-corrected chi connectivity index (χ2v) is 8.90. The van der Waals surface area contributed by atoms with Crippen LogP contribution < -0.4 is 9.91 Å². The monoisotopic (exact) mass is 531 g/mol. The Morgan fingerprint density at radius 2 is 1.35 bits per heavy atom. The number of halogens is 1. The molecule has 2 heterocycles. The van der Waals surface area contributed by atoms with Gasteiger partial charge in [-0.2, -0.15) is 0 Å². The molecule has 0 fully saturated rings. The molecule has 0 aromatic heterocycles. The summed E-state index contributed by atoms with van der Waals surface area (Å²) in [6.07, 6.45) is 0. The van der Waals surface area contributed by atoms with E-state index in [0.717, 1.165) is 5.56 Å². The molecule has 0 N–H and O–H groups in total. The number of esters is 2. The van der Waals surface area contributed by atoms with Gasteiger partial charge in [-0.15, -0.1) is 5.10 Å². The maximum Gasteiger partial charge on any atom is 0.348 e. The fraction of sp³-hybridized carbons (Fsp3) is 0.0312. The molecule has 0 saturated heterocycles. The molecular weight excluding hydrogens is 509 g/mol. The first-order valence-electron chi connectivity index (χ1n) is 12.5. The fourth-order valence-corrected chi connectivity index (χ4v) is 4.66. The van der Waals surface area contributed by atoms with Gasteiger partial charge >= 0.3 is 11.9 Å². The topological polar surface area (TPSA) is 71.4 Å². The Balaban J connectivity index is 1.68. The summed E-state index contributed by atoms with van der Waals surface area (Å²) in [5.41, 5.74) is 2.39. The maximum atomic E-state index is 13.7. The number of nitrogens with zero attached hydrogens (tertiary/aromatic N) is 3. The summed E-state index contributed by atoms with van der Waals surface area (Å²) in [6.45, 7) is 0. The number of cyclic esters (lactones) is 1. The van der Waals surface area contributed by atoms with Crippen LogP contribution in [-0.2, 0) is 19.1 Å². The number of carbonyl (C=O) groups is 2. The Morgan fingerprint density at radius 1 is 0.775 bits per heavy atom. The molecule has 2 aliphatic rings. The number of hydrazone groups is 1. The Labute approximate surface area is 229 Å². The lowest BCUT2D eigenvalue weighted by Crippen LogP contribution is -2.32. The molecule has 0 atom stereocenters. The zero-order chi connectivity index (χ0) is 27.6. The third kappa shape index (κ3) is 4.31. The van der Waals surface area contributed by atoms with E-state index in [9.17, 15) is 14.0 Å². The van der Waals surface area contributed by atoms with E-state index in [1.54, 1.807) is 5.01 Å². The molecule has 0 spiro atoms. The molecule has 0 aliphatic carbocycles. The normalized spacial score (nSPS) is 16.8. The van der Waals surface area contributed by atoms with Crippen LogP contribution in [0, 0.1) is 5.82 Å². The first-order chi connectivity index (χ1) is 19.6. The summed E-state index contributed by atoms with van der Waals surface area (Å²) in [7, 11) is 1.23. The van der Waals surface area contributed by atoms with Gasteiger partial charge in [0, 0.05) is 16.8 Å². The van der Waals surface area contributed by atoms with E-state index in [4.69, 9.17) is 14.6 Å². The van der Waals surface area contributed by atoms with E-state index in [1.807, 2.05) is 95.9 Å². The molecule has 0 bridgehead atoms. The van der Waals surface area contributed by atoms with Crippen molar-refractivity contribution < 1.29 is 23.5 Å². The molecule has 4 aromatic rings. The molecule has 2 aliphatic heterocycles. The van der Waals surface area contributed by atoms with Gasteiger partial charge in [-0.1, -0.05) is 66.7 Å². The molecule has 8 heteroatoms. The summed E-state index contributed by atoms with van der Waals surface area (Å²) in [5.74, 6) is -1.20. The summed E-state index contributed by atoms with van der Waals surface area (Å²) >= 11 is 0. The van der Waals surface area contributed by atoms with E-state index in [2.05, 4.69) is 0 Å². The van der Waals surface area contributed by atoms with Crippen LogP contribution in [0.25, 0.3) is 5.76 Å². The van der Waals surface area contributed by atoms with Crippen LogP contribution in [0.15, 0.2) is 137 Å². The second kappa shape index (κ2) is 10.3. The van der Waals surface area contributed by atoms with Crippen LogP contribution in [0.5, 0.6) is 0 Å². The van der Waals surface area contributed by atoms with Gasteiger partial charge < -0.3 is 9.47 Å². The summed E-state index contributed by atoms with van der Waals surface area (Å²) in [6, 6.07) is 33.6. The van der Waals surface area contributed by atoms with Crippen molar-refractivity contribution in [2.24, 2.45) is 5.10 Å². The number of ether oxygens (including phenoxy) is 2. The number of amidine groups is 1. The van der Waals surface area contributed by atoms with Gasteiger partial charge in [0.1, 0.15) is 17.0 Å². The molecular formula is C32H22FN3O4. The zero-order valence-corrected chi connectivity index (χ0v) is 21.3. The van der Waals surface area contributed by atoms with Crippen LogP contribution >= 0.6 is 0 Å². The highest BCUT2D eigenvalue weighted by Crippen LogP contribution is 2.42. The number of benzene rings is 4. The first-order valence-corrected chi connectivity index (χ1v) is 12.5. The van der Waals surface area contributed by atoms with Crippen molar-refractivity contribution in [1.82, 2.24) is 0 Å². The number of carbonyl (C=O) groups excluding carboxylic acids is 2. The number of para-hydroxylation sites is 2. The minimum Gasteiger partial charge on any atom is -0.465 e. The SMILES string of the molecule is COC(=O)C1=C(c2ccc(F)cc2)OC(=O)/C1=C1\N(c2ccccc2)N=C(c2ccccc2)N1c1ccccc1. The Kier molecular flexibility index (Phi) is 6.41. The zero-order valence-electron chi connectivity index (χ0n) is 21.3. The van der Waals surface area contributed by atoms with Crippen molar-refractivity contribution in [2.45, 2.75) is 0 Å². The molecule has 6 rings (SSSR count). The van der Waals surface area contributed by atoms with Crippen LogP contribution in [0.2, 0.25) is 0 Å². The van der Waals surface area contributed by atoms with Gasteiger partial charge in [-0.05, 0) is 48.5 Å². The van der Waals surface area contributed by atoms with Crippen LogP contribution in [0.3, 0.4) is 0 Å². The summed E-state index contributed by atoms with van der Waals surface area (Å²) < 4.78 is 24.6. The Morgan fingerprint density at radius 3 is 1.95 bits per heavy atom. The van der Waals surface area contributed by atoms with E-state index in [1.165, 1.54) is 31.4 Å². The fourth-order valence-electron chi connectivity index (χ4n) is 4.66. The van der Waals surface area contributed by atoms with E-state index >= 15 is 0 Å². The van der Waals surface area contributed by atoms with Crippen molar-refractivity contribution in [3.05, 3.63) is 149 Å². The molecule has 0 radical (unpaired) electrons. The lowest BCUT2D eigenvalue weighted by atomic mass is 10.0. The Hall–Kier alpha value is -5.50. The first kappa shape index (κ1) is 24.8. The highest BCUT2D eigenvalue weighted by atomic mass is 19.1. The number of rotatable bonds is 5. The Bertz CT molecular complexity index is 1680. The number of methoxy groups -OCH3 is 1. The molecule has 196 valence electrons. The lowest BCUT2D eigenvalue weighted by molar-refractivity contribution is -0.136. The average molecular weight is 532 g/mol. The number of anilines is 2. The van der Waals surface area contributed by atoms with Crippen molar-refractivity contribution in [3.63, 3.8) is 0 Å². The lowest BCUT2D eigenvalue weighted by Gasteiger charge is -2.26. The minimum atomic E-state index is -0.776. The minimum absolute atomic E-state index is 0.0199. The van der Waals surface area contributed by atoms with E-state index in [0.29, 0.717) is 28.6 Å². The number of hydrogen-bond donors (Lipinski definition) is 0. The quantitative estimate of drug-likeness (QED) is 0.237. The van der Waals surface area contributed by atoms with E-state index < -0.39 is 17.8 Å². The van der Waals surface area contributed by atoms with Crippen molar-refractivity contribution in [2.75, 3.05) is 17.0 Å². The van der Waals surface area contributed by atoms with Gasteiger partial charge in [0.2, 0.25) is 0 Å². The van der Waals surface area contributed by atoms with Crippen molar-refractivity contribution in [3.8, 4) is 0 Å². The van der Waals surface area contributed by atoms with Crippen LogP contribution in [-0.4, -0.2) is 24.9 Å². The molecule has 40 heavy (non-hydrogen) atoms. The molecule has 0 unspecified atom stereocenters. The molecule has 0 saturated carbocycles. The van der Waals surface area contributed by atoms with Gasteiger partial charge in [-0.3, -0.25) is 4.90 Å². The smallest absolute Gasteiger partial charge is 0.348 e. The van der Waals surface area contributed by atoms with Crippen molar-refractivity contribution >= 4 is 34.9 Å². The van der Waals surface area contributed by atoms with Gasteiger partial charge in [0.05, 0.1) is 12.8 Å². The predicted octanol–water partition coefficient (Wildman–Crippen LogP) is 5.87. The van der Waals surface area contributed by atoms with Gasteiger partial charge in [-0.25, -0.2) is 19.0 Å². The third-order valence-electron chi connectivity index (χ3n) is 6.46. The highest BCUT2D eigenvalue weighted by molar-refractivity contribution is 6.21. The third-order valence-corrected chi connectivity index (χ3v) is 6.46. The van der Waals surface area contributed by atoms with Crippen molar-refractivity contribution in [1.29, 1.82) is 0 Å². The standard InChI is InChI=1S/C32H22FN3O4/c1-39-31(37)26-27(32(38)40-28(26)21-17-19-23(33)20-18-21)30-35(24-13-7-3-8-14-24)29(22-11-5-2-6-12-22)34-36(30)25-15-9-4-10-16-25/h2-20H,1H3/b30-27-. The van der Waals surface area contributed by atoms with Crippen LogP contribution in [0.1, 0.15) is 11.1 Å². The highest BCUT2D eigenvalue weighted by Gasteiger charge is 2.45. The van der Waals surface area contributed by atoms with Crippen LogP contribution in [0.4, 0.5) is 15.8 Å². The molecule has 0 amide bonds. The summed E-state index contributed by atoms with van der Waals surface area (Å²) in [4.78, 5) is 28.9. The second-order valence-electron chi connectivity index (χ2n) is 8.90. The molecule has 7 nitrogen and oxygen atoms in total. The predicted molar refractivity (Wildman–Crippen MR) is 149 cm³/mol. The van der Waals surface area contributed by atoms with E-state index in [-0.39, 0.29) is 16.9 Å². The molecule has 4 aromatic carbocycles. The van der Waals surface area contributed by atoms with Gasteiger partial charge in [0.15, 0.2) is 17.4 Å². The largest absolute Gasteiger partial charge is 0.465 e. The number of hydrogen-bond acceptors (Lipinski definition) is 7. The maximum absolute atomic E-state index is 13.7.